The maximum absolute atomic E-state index is 12.7. The molecule has 0 spiro atoms. The van der Waals surface area contributed by atoms with Crippen LogP contribution in [0.2, 0.25) is 0 Å². The van der Waals surface area contributed by atoms with Gasteiger partial charge in [0.25, 0.3) is 11.8 Å². The van der Waals surface area contributed by atoms with Gasteiger partial charge in [0, 0.05) is 24.2 Å². The molecule has 0 bridgehead atoms. The molecular weight excluding hydrogens is 430 g/mol. The van der Waals surface area contributed by atoms with Crippen LogP contribution in [0.5, 0.6) is 5.75 Å². The highest BCUT2D eigenvalue weighted by Gasteiger charge is 2.28. The van der Waals surface area contributed by atoms with Gasteiger partial charge in [-0.25, -0.2) is 9.67 Å². The number of carbonyl (C=O) groups is 2. The maximum atomic E-state index is 12.7. The van der Waals surface area contributed by atoms with Crippen LogP contribution in [0.3, 0.4) is 0 Å². The number of nitrogens with one attached hydrogen (secondary N) is 2. The smallest absolute Gasteiger partial charge is 0.265 e. The lowest BCUT2D eigenvalue weighted by Gasteiger charge is -2.12. The molecule has 1 aliphatic rings. The number of hydrogen-bond donors (Lipinski definition) is 2. The molecule has 2 heterocycles. The van der Waals surface area contributed by atoms with Crippen LogP contribution in [0.4, 0.5) is 5.69 Å². The molecule has 2 N–H and O–H groups in total. The van der Waals surface area contributed by atoms with Crippen molar-refractivity contribution in [3.05, 3.63) is 108 Å². The van der Waals surface area contributed by atoms with E-state index in [0.717, 1.165) is 22.4 Å². The molecule has 4 aromatic rings. The van der Waals surface area contributed by atoms with Crippen LogP contribution >= 0.6 is 0 Å². The SMILES string of the molecule is O=C(NCc1cccc(Cn2cncn2)c1)c1cccc(NC(=O)C2Cc3ccccc3O2)c1. The Bertz CT molecular complexity index is 1290. The molecule has 170 valence electrons. The molecule has 0 saturated carbocycles. The Morgan fingerprint density at radius 1 is 1.00 bits per heavy atom. The fourth-order valence-corrected chi connectivity index (χ4v) is 3.91. The predicted octanol–water partition coefficient (Wildman–Crippen LogP) is 3.20. The third kappa shape index (κ3) is 4.96. The molecule has 0 fully saturated rings. The van der Waals surface area contributed by atoms with Gasteiger partial charge in [-0.3, -0.25) is 9.59 Å². The van der Waals surface area contributed by atoms with Gasteiger partial charge in [-0.05, 0) is 41.0 Å². The minimum absolute atomic E-state index is 0.220. The van der Waals surface area contributed by atoms with E-state index in [-0.39, 0.29) is 11.8 Å². The number of hydrogen-bond acceptors (Lipinski definition) is 5. The number of rotatable bonds is 7. The van der Waals surface area contributed by atoms with Crippen molar-refractivity contribution in [2.24, 2.45) is 0 Å². The van der Waals surface area contributed by atoms with E-state index in [1.807, 2.05) is 48.5 Å². The van der Waals surface area contributed by atoms with Gasteiger partial charge in [-0.2, -0.15) is 5.10 Å². The average molecular weight is 454 g/mol. The van der Waals surface area contributed by atoms with Gasteiger partial charge >= 0.3 is 0 Å². The molecular formula is C26H23N5O3. The second-order valence-electron chi connectivity index (χ2n) is 8.08. The van der Waals surface area contributed by atoms with Crippen molar-refractivity contribution < 1.29 is 14.3 Å². The monoisotopic (exact) mass is 453 g/mol. The van der Waals surface area contributed by atoms with E-state index in [0.29, 0.717) is 30.8 Å². The number of ether oxygens (including phenoxy) is 1. The highest BCUT2D eigenvalue weighted by atomic mass is 16.5. The van der Waals surface area contributed by atoms with E-state index >= 15 is 0 Å². The molecule has 0 aliphatic carbocycles. The van der Waals surface area contributed by atoms with Gasteiger partial charge in [0.15, 0.2) is 6.10 Å². The second kappa shape index (κ2) is 9.58. The fraction of sp³-hybridized carbons (Fsp3) is 0.154. The first-order valence-corrected chi connectivity index (χ1v) is 11.0. The molecule has 1 aromatic heterocycles. The van der Waals surface area contributed by atoms with Crippen LogP contribution in [0.25, 0.3) is 0 Å². The number of amides is 2. The van der Waals surface area contributed by atoms with Gasteiger partial charge in [-0.15, -0.1) is 0 Å². The molecule has 8 nitrogen and oxygen atoms in total. The number of para-hydroxylation sites is 1. The molecule has 0 saturated heterocycles. The second-order valence-corrected chi connectivity index (χ2v) is 8.08. The number of fused-ring (bicyclic) bond motifs is 1. The normalized spacial score (nSPS) is 14.2. The summed E-state index contributed by atoms with van der Waals surface area (Å²) in [5, 5.41) is 9.91. The summed E-state index contributed by atoms with van der Waals surface area (Å²) in [7, 11) is 0. The third-order valence-electron chi connectivity index (χ3n) is 5.59. The fourth-order valence-electron chi connectivity index (χ4n) is 3.91. The Hall–Kier alpha value is -4.46. The molecule has 0 radical (unpaired) electrons. The van der Waals surface area contributed by atoms with Gasteiger partial charge in [0.1, 0.15) is 18.4 Å². The number of benzene rings is 3. The number of nitrogens with zero attached hydrogens (tertiary/aromatic N) is 3. The Labute approximate surface area is 196 Å². The molecule has 1 unspecified atom stereocenters. The first-order valence-electron chi connectivity index (χ1n) is 11.0. The average Bonchev–Trinajstić information content (AvgIpc) is 3.53. The zero-order chi connectivity index (χ0) is 23.3. The number of anilines is 1. The van der Waals surface area contributed by atoms with Gasteiger partial charge in [0.05, 0.1) is 6.54 Å². The van der Waals surface area contributed by atoms with Crippen LogP contribution in [-0.4, -0.2) is 32.7 Å². The summed E-state index contributed by atoms with van der Waals surface area (Å²) in [4.78, 5) is 29.4. The van der Waals surface area contributed by atoms with Crippen LogP contribution in [0.1, 0.15) is 27.0 Å². The predicted molar refractivity (Wildman–Crippen MR) is 126 cm³/mol. The number of aromatic nitrogens is 3. The van der Waals surface area contributed by atoms with E-state index in [2.05, 4.69) is 20.7 Å². The van der Waals surface area contributed by atoms with E-state index in [4.69, 9.17) is 4.74 Å². The quantitative estimate of drug-likeness (QED) is 0.448. The lowest BCUT2D eigenvalue weighted by atomic mass is 10.1. The van der Waals surface area contributed by atoms with Crippen LogP contribution < -0.4 is 15.4 Å². The summed E-state index contributed by atoms with van der Waals surface area (Å²) in [5.41, 5.74) is 4.08. The summed E-state index contributed by atoms with van der Waals surface area (Å²) in [6.07, 6.45) is 3.11. The van der Waals surface area contributed by atoms with Crippen molar-refractivity contribution in [2.75, 3.05) is 5.32 Å². The molecule has 34 heavy (non-hydrogen) atoms. The summed E-state index contributed by atoms with van der Waals surface area (Å²) >= 11 is 0. The largest absolute Gasteiger partial charge is 0.480 e. The molecule has 5 rings (SSSR count). The van der Waals surface area contributed by atoms with E-state index in [1.165, 1.54) is 6.33 Å². The van der Waals surface area contributed by atoms with Crippen molar-refractivity contribution in [1.82, 2.24) is 20.1 Å². The third-order valence-corrected chi connectivity index (χ3v) is 5.59. The van der Waals surface area contributed by atoms with Crippen molar-refractivity contribution in [2.45, 2.75) is 25.6 Å². The van der Waals surface area contributed by atoms with Gasteiger partial charge in [0.2, 0.25) is 0 Å². The van der Waals surface area contributed by atoms with Gasteiger partial charge < -0.3 is 15.4 Å². The Kier molecular flexibility index (Phi) is 6.03. The van der Waals surface area contributed by atoms with Crippen LogP contribution in [0, 0.1) is 0 Å². The highest BCUT2D eigenvalue weighted by Crippen LogP contribution is 2.28. The van der Waals surface area contributed by atoms with Crippen molar-refractivity contribution in [3.8, 4) is 5.75 Å². The zero-order valence-electron chi connectivity index (χ0n) is 18.3. The summed E-state index contributed by atoms with van der Waals surface area (Å²) in [6, 6.07) is 22.4. The van der Waals surface area contributed by atoms with Crippen LogP contribution in [-0.2, 0) is 24.3 Å². The Morgan fingerprint density at radius 2 is 1.85 bits per heavy atom. The topological polar surface area (TPSA) is 98.1 Å². The van der Waals surface area contributed by atoms with E-state index < -0.39 is 6.10 Å². The summed E-state index contributed by atoms with van der Waals surface area (Å²) in [5.74, 6) is 0.279. The lowest BCUT2D eigenvalue weighted by Crippen LogP contribution is -2.31. The molecule has 1 atom stereocenters. The first kappa shape index (κ1) is 21.4. The standard InChI is InChI=1S/C26H23N5O3/c32-25(28-14-18-5-3-6-19(11-18)15-31-17-27-16-29-31)21-8-4-9-22(12-21)30-26(33)24-13-20-7-1-2-10-23(20)34-24/h1-12,16-17,24H,13-15H2,(H,28,32)(H,30,33). The van der Waals surface area contributed by atoms with Crippen LogP contribution in [0.15, 0.2) is 85.5 Å². The Balaban J connectivity index is 1.18. The minimum Gasteiger partial charge on any atom is -0.480 e. The zero-order valence-corrected chi connectivity index (χ0v) is 18.3. The van der Waals surface area contributed by atoms with Crippen molar-refractivity contribution in [3.63, 3.8) is 0 Å². The lowest BCUT2D eigenvalue weighted by molar-refractivity contribution is -0.122. The van der Waals surface area contributed by atoms with E-state index in [1.54, 1.807) is 35.3 Å². The number of carbonyl (C=O) groups excluding carboxylic acids is 2. The molecule has 8 heteroatoms. The summed E-state index contributed by atoms with van der Waals surface area (Å²) < 4.78 is 7.49. The molecule has 1 aliphatic heterocycles. The van der Waals surface area contributed by atoms with Gasteiger partial charge in [-0.1, -0.05) is 48.5 Å². The maximum Gasteiger partial charge on any atom is 0.265 e. The molecule has 2 amide bonds. The first-order chi connectivity index (χ1) is 16.6. The van der Waals surface area contributed by atoms with Crippen molar-refractivity contribution >= 4 is 17.5 Å². The highest BCUT2D eigenvalue weighted by molar-refractivity contribution is 5.98. The summed E-state index contributed by atoms with van der Waals surface area (Å²) in [6.45, 7) is 0.994. The van der Waals surface area contributed by atoms with Crippen molar-refractivity contribution in [1.29, 1.82) is 0 Å². The molecule has 3 aromatic carbocycles. The Morgan fingerprint density at radius 3 is 2.71 bits per heavy atom. The van der Waals surface area contributed by atoms with E-state index in [9.17, 15) is 9.59 Å². The minimum atomic E-state index is -0.584.